The zero-order valence-corrected chi connectivity index (χ0v) is 11.6. The van der Waals surface area contributed by atoms with E-state index in [1.54, 1.807) is 0 Å². The van der Waals surface area contributed by atoms with Crippen LogP contribution >= 0.6 is 0 Å². The van der Waals surface area contributed by atoms with Gasteiger partial charge < -0.3 is 10.1 Å². The fourth-order valence-electron chi connectivity index (χ4n) is 2.43. The summed E-state index contributed by atoms with van der Waals surface area (Å²) >= 11 is 0. The Labute approximate surface area is 117 Å². The maximum absolute atomic E-state index is 13.4. The van der Waals surface area contributed by atoms with Crippen LogP contribution in [0.25, 0.3) is 0 Å². The molecular formula is C15H18F2N2O. The quantitative estimate of drug-likeness (QED) is 0.901. The molecule has 1 aliphatic carbocycles. The van der Waals surface area contributed by atoms with Crippen LogP contribution in [0.15, 0.2) is 12.1 Å². The smallest absolute Gasteiger partial charge is 0.147 e. The Hall–Kier alpha value is -1.67. The van der Waals surface area contributed by atoms with Crippen LogP contribution in [0.3, 0.4) is 0 Å². The first kappa shape index (κ1) is 14.7. The van der Waals surface area contributed by atoms with Gasteiger partial charge in [-0.15, -0.1) is 0 Å². The summed E-state index contributed by atoms with van der Waals surface area (Å²) in [7, 11) is 0. The molecule has 20 heavy (non-hydrogen) atoms. The zero-order chi connectivity index (χ0) is 14.7. The highest BCUT2D eigenvalue weighted by molar-refractivity contribution is 5.37. The summed E-state index contributed by atoms with van der Waals surface area (Å²) in [6.07, 6.45) is 2.03. The minimum atomic E-state index is -0.879. The molecule has 0 heterocycles. The molecule has 1 saturated carbocycles. The van der Waals surface area contributed by atoms with Gasteiger partial charge in [-0.3, -0.25) is 0 Å². The summed E-state index contributed by atoms with van der Waals surface area (Å²) in [4.78, 5) is 0. The minimum absolute atomic E-state index is 0.138. The third kappa shape index (κ3) is 3.45. The van der Waals surface area contributed by atoms with E-state index in [9.17, 15) is 8.78 Å². The molecule has 0 bridgehead atoms. The molecule has 1 aromatic rings. The molecule has 0 amide bonds. The Morgan fingerprint density at radius 1 is 1.35 bits per heavy atom. The molecule has 0 saturated heterocycles. The van der Waals surface area contributed by atoms with Gasteiger partial charge in [-0.2, -0.15) is 5.26 Å². The highest BCUT2D eigenvalue weighted by Gasteiger charge is 2.29. The summed E-state index contributed by atoms with van der Waals surface area (Å²) in [5.41, 5.74) is -0.567. The van der Waals surface area contributed by atoms with Crippen LogP contribution in [0.1, 0.15) is 32.3 Å². The number of halogens is 2. The number of nitrogens with zero attached hydrogens (tertiary/aromatic N) is 1. The van der Waals surface area contributed by atoms with Crippen LogP contribution in [0.5, 0.6) is 5.75 Å². The largest absolute Gasteiger partial charge is 0.493 e. The average molecular weight is 280 g/mol. The maximum Gasteiger partial charge on any atom is 0.147 e. The van der Waals surface area contributed by atoms with Crippen molar-refractivity contribution in [1.29, 1.82) is 5.26 Å². The molecule has 0 aromatic heterocycles. The first-order chi connectivity index (χ1) is 9.49. The summed E-state index contributed by atoms with van der Waals surface area (Å²) in [6.45, 7) is 4.65. The summed E-state index contributed by atoms with van der Waals surface area (Å²) < 4.78 is 32.2. The predicted molar refractivity (Wildman–Crippen MR) is 71.4 cm³/mol. The summed E-state index contributed by atoms with van der Waals surface area (Å²) in [6, 6.07) is 4.58. The topological polar surface area (TPSA) is 45.0 Å². The van der Waals surface area contributed by atoms with Crippen molar-refractivity contribution in [3.63, 3.8) is 0 Å². The molecule has 0 aliphatic heterocycles. The second-order valence-electron chi connectivity index (χ2n) is 5.54. The predicted octanol–water partition coefficient (Wildman–Crippen LogP) is 2.99. The van der Waals surface area contributed by atoms with Crippen LogP contribution < -0.4 is 10.1 Å². The molecule has 108 valence electrons. The molecule has 5 heteroatoms. The Morgan fingerprint density at radius 3 is 2.45 bits per heavy atom. The van der Waals surface area contributed by atoms with Crippen LogP contribution in [0.4, 0.5) is 8.78 Å². The standard InChI is InChI=1S/C15H18F2N2O/c1-9(2)19-11-3-10(4-11)8-20-12-5-14(16)13(7-18)15(17)6-12/h5-6,9-11,19H,3-4,8H2,1-2H3. The number of nitriles is 1. The summed E-state index contributed by atoms with van der Waals surface area (Å²) in [5.74, 6) is -1.21. The van der Waals surface area contributed by atoms with Gasteiger partial charge in [0.1, 0.15) is 29.0 Å². The van der Waals surface area contributed by atoms with Gasteiger partial charge in [0.2, 0.25) is 0 Å². The normalized spacial score (nSPS) is 21.4. The second kappa shape index (κ2) is 6.19. The van der Waals surface area contributed by atoms with Gasteiger partial charge in [0, 0.05) is 24.2 Å². The van der Waals surface area contributed by atoms with Crippen molar-refractivity contribution in [3.05, 3.63) is 29.3 Å². The SMILES string of the molecule is CC(C)NC1CC(COc2cc(F)c(C#N)c(F)c2)C1. The number of hydrogen-bond acceptors (Lipinski definition) is 3. The molecule has 0 unspecified atom stereocenters. The third-order valence-corrected chi connectivity index (χ3v) is 3.42. The van der Waals surface area contributed by atoms with E-state index >= 15 is 0 Å². The average Bonchev–Trinajstić information content (AvgIpc) is 2.31. The first-order valence-corrected chi connectivity index (χ1v) is 6.77. The molecular weight excluding hydrogens is 262 g/mol. The van der Waals surface area contributed by atoms with E-state index in [0.717, 1.165) is 25.0 Å². The van der Waals surface area contributed by atoms with Crippen molar-refractivity contribution in [2.75, 3.05) is 6.61 Å². The molecule has 0 spiro atoms. The highest BCUT2D eigenvalue weighted by atomic mass is 19.1. The molecule has 0 radical (unpaired) electrons. The third-order valence-electron chi connectivity index (χ3n) is 3.42. The van der Waals surface area contributed by atoms with Crippen LogP contribution in [-0.2, 0) is 0 Å². The van der Waals surface area contributed by atoms with E-state index in [4.69, 9.17) is 10.00 Å². The molecule has 1 aliphatic rings. The van der Waals surface area contributed by atoms with Crippen LogP contribution in [0, 0.1) is 28.9 Å². The Morgan fingerprint density at radius 2 is 1.95 bits per heavy atom. The molecule has 0 atom stereocenters. The van der Waals surface area contributed by atoms with Gasteiger partial charge >= 0.3 is 0 Å². The maximum atomic E-state index is 13.4. The lowest BCUT2D eigenvalue weighted by Gasteiger charge is -2.37. The van der Waals surface area contributed by atoms with Crippen molar-refractivity contribution in [2.24, 2.45) is 5.92 Å². The first-order valence-electron chi connectivity index (χ1n) is 6.77. The van der Waals surface area contributed by atoms with Gasteiger partial charge in [0.15, 0.2) is 0 Å². The Balaban J connectivity index is 1.83. The van der Waals surface area contributed by atoms with E-state index in [0.29, 0.717) is 24.6 Å². The van der Waals surface area contributed by atoms with Gasteiger partial charge in [0.25, 0.3) is 0 Å². The Bertz CT molecular complexity index is 496. The van der Waals surface area contributed by atoms with Gasteiger partial charge in [-0.05, 0) is 18.8 Å². The number of rotatable bonds is 5. The number of hydrogen-bond donors (Lipinski definition) is 1. The lowest BCUT2D eigenvalue weighted by Crippen LogP contribution is -2.46. The van der Waals surface area contributed by atoms with Crippen molar-refractivity contribution in [1.82, 2.24) is 5.32 Å². The van der Waals surface area contributed by atoms with Crippen LogP contribution in [-0.4, -0.2) is 18.7 Å². The second-order valence-corrected chi connectivity index (χ2v) is 5.54. The van der Waals surface area contributed by atoms with E-state index < -0.39 is 17.2 Å². The van der Waals surface area contributed by atoms with Crippen molar-refractivity contribution < 1.29 is 13.5 Å². The van der Waals surface area contributed by atoms with Crippen LogP contribution in [0.2, 0.25) is 0 Å². The molecule has 1 fully saturated rings. The number of ether oxygens (including phenoxy) is 1. The lowest BCUT2D eigenvalue weighted by atomic mass is 9.80. The van der Waals surface area contributed by atoms with E-state index in [-0.39, 0.29) is 5.75 Å². The number of nitrogens with one attached hydrogen (secondary N) is 1. The molecule has 1 N–H and O–H groups in total. The highest BCUT2D eigenvalue weighted by Crippen LogP contribution is 2.29. The lowest BCUT2D eigenvalue weighted by molar-refractivity contribution is 0.135. The molecule has 2 rings (SSSR count). The van der Waals surface area contributed by atoms with Crippen molar-refractivity contribution in [3.8, 4) is 11.8 Å². The van der Waals surface area contributed by atoms with Crippen molar-refractivity contribution >= 4 is 0 Å². The van der Waals surface area contributed by atoms with Gasteiger partial charge in [-0.25, -0.2) is 8.78 Å². The number of benzene rings is 1. The fourth-order valence-corrected chi connectivity index (χ4v) is 2.43. The monoisotopic (exact) mass is 280 g/mol. The molecule has 1 aromatic carbocycles. The van der Waals surface area contributed by atoms with Gasteiger partial charge in [-0.1, -0.05) is 13.8 Å². The van der Waals surface area contributed by atoms with E-state index in [1.165, 1.54) is 6.07 Å². The van der Waals surface area contributed by atoms with E-state index in [2.05, 4.69) is 19.2 Å². The van der Waals surface area contributed by atoms with E-state index in [1.807, 2.05) is 0 Å². The molecule has 3 nitrogen and oxygen atoms in total. The zero-order valence-electron chi connectivity index (χ0n) is 11.6. The fraction of sp³-hybridized carbons (Fsp3) is 0.533. The van der Waals surface area contributed by atoms with Gasteiger partial charge in [0.05, 0.1) is 6.61 Å². The minimum Gasteiger partial charge on any atom is -0.493 e. The van der Waals surface area contributed by atoms with Crippen molar-refractivity contribution in [2.45, 2.75) is 38.8 Å². The summed E-state index contributed by atoms with van der Waals surface area (Å²) in [5, 5.41) is 12.0. The Kier molecular flexibility index (Phi) is 4.56.